The maximum Gasteiger partial charge on any atom is 0.408 e. The Hall–Kier alpha value is -4.13. The molecule has 0 saturated heterocycles. The number of carbonyl (C=O) groups excluding carboxylic acids is 3. The third kappa shape index (κ3) is 8.21. The van der Waals surface area contributed by atoms with Crippen LogP contribution in [-0.2, 0) is 33.7 Å². The van der Waals surface area contributed by atoms with E-state index in [1.165, 1.54) is 11.6 Å². The van der Waals surface area contributed by atoms with Crippen LogP contribution in [0.1, 0.15) is 57.7 Å². The Balaban J connectivity index is 1.50. The number of rotatable bonds is 8. The van der Waals surface area contributed by atoms with Gasteiger partial charge in [0.1, 0.15) is 11.6 Å². The highest BCUT2D eigenvalue weighted by molar-refractivity contribution is 5.93. The summed E-state index contributed by atoms with van der Waals surface area (Å²) < 4.78 is 5.37. The highest BCUT2D eigenvalue weighted by Gasteiger charge is 2.32. The molecule has 4 rings (SSSR count). The second kappa shape index (κ2) is 12.8. The predicted octanol–water partition coefficient (Wildman–Crippen LogP) is 6.04. The van der Waals surface area contributed by atoms with Gasteiger partial charge in [-0.15, -0.1) is 0 Å². The van der Waals surface area contributed by atoms with Gasteiger partial charge in [0.15, 0.2) is 0 Å². The summed E-state index contributed by atoms with van der Waals surface area (Å²) >= 11 is 0. The van der Waals surface area contributed by atoms with E-state index in [9.17, 15) is 14.4 Å². The Morgan fingerprint density at radius 1 is 0.952 bits per heavy atom. The van der Waals surface area contributed by atoms with Gasteiger partial charge in [0, 0.05) is 32.1 Å². The number of ether oxygens (including phenoxy) is 1. The second-order valence-corrected chi connectivity index (χ2v) is 12.7. The number of hydrogen-bond donors (Lipinski definition) is 1. The second-order valence-electron chi connectivity index (χ2n) is 12.7. The monoisotopic (exact) mass is 569 g/mol. The van der Waals surface area contributed by atoms with E-state index in [4.69, 9.17) is 4.74 Å². The van der Waals surface area contributed by atoms with Crippen LogP contribution in [0.5, 0.6) is 0 Å². The Bertz CT molecular complexity index is 1470. The first-order valence-electron chi connectivity index (χ1n) is 14.6. The number of nitrogens with zero attached hydrogens (tertiary/aromatic N) is 2. The van der Waals surface area contributed by atoms with E-state index < -0.39 is 23.3 Å². The van der Waals surface area contributed by atoms with E-state index in [1.54, 1.807) is 18.0 Å². The van der Waals surface area contributed by atoms with E-state index in [2.05, 4.69) is 41.7 Å². The zero-order valence-corrected chi connectivity index (χ0v) is 25.6. The minimum atomic E-state index is -0.665. The molecular formula is C35H43N3O4. The van der Waals surface area contributed by atoms with Gasteiger partial charge in [-0.25, -0.2) is 4.79 Å². The molecule has 1 aliphatic heterocycles. The van der Waals surface area contributed by atoms with Gasteiger partial charge < -0.3 is 19.9 Å². The molecule has 1 heterocycles. The molecule has 42 heavy (non-hydrogen) atoms. The summed E-state index contributed by atoms with van der Waals surface area (Å²) in [6.45, 7) is 10.3. The molecular weight excluding hydrogens is 526 g/mol. The minimum absolute atomic E-state index is 0.0613. The molecule has 3 aromatic rings. The normalized spacial score (nSPS) is 14.4. The van der Waals surface area contributed by atoms with Crippen molar-refractivity contribution >= 4 is 28.7 Å². The number of hydrogen-bond acceptors (Lipinski definition) is 4. The lowest BCUT2D eigenvalue weighted by Crippen LogP contribution is -2.51. The van der Waals surface area contributed by atoms with Gasteiger partial charge in [-0.3, -0.25) is 9.59 Å². The summed E-state index contributed by atoms with van der Waals surface area (Å²) in [5.41, 5.74) is 2.19. The lowest BCUT2D eigenvalue weighted by molar-refractivity contribution is -0.143. The van der Waals surface area contributed by atoms with Crippen LogP contribution in [-0.4, -0.2) is 58.5 Å². The van der Waals surface area contributed by atoms with Gasteiger partial charge in [-0.2, -0.15) is 0 Å². The van der Waals surface area contributed by atoms with Crippen molar-refractivity contribution in [1.82, 2.24) is 15.1 Å². The highest BCUT2D eigenvalue weighted by atomic mass is 16.6. The van der Waals surface area contributed by atoms with Gasteiger partial charge in [0.2, 0.25) is 11.8 Å². The van der Waals surface area contributed by atoms with Crippen LogP contribution in [0.15, 0.2) is 78.9 Å². The van der Waals surface area contributed by atoms with E-state index >= 15 is 0 Å². The Kier molecular flexibility index (Phi) is 9.40. The summed E-state index contributed by atoms with van der Waals surface area (Å²) in [6, 6.07) is 21.9. The lowest BCUT2D eigenvalue weighted by Gasteiger charge is -2.35. The molecule has 0 aromatic heterocycles. The molecule has 3 amide bonds. The number of benzene rings is 3. The van der Waals surface area contributed by atoms with Crippen LogP contribution in [0.25, 0.3) is 10.8 Å². The minimum Gasteiger partial charge on any atom is -0.444 e. The Morgan fingerprint density at radius 2 is 1.62 bits per heavy atom. The van der Waals surface area contributed by atoms with E-state index in [-0.39, 0.29) is 11.8 Å². The summed E-state index contributed by atoms with van der Waals surface area (Å²) in [7, 11) is 1.69. The van der Waals surface area contributed by atoms with Gasteiger partial charge in [0.25, 0.3) is 0 Å². The molecule has 1 atom stereocenters. The molecule has 0 aliphatic carbocycles. The number of alkyl carbamates (subject to hydrolysis) is 1. The Morgan fingerprint density at radius 3 is 2.33 bits per heavy atom. The predicted molar refractivity (Wildman–Crippen MR) is 167 cm³/mol. The van der Waals surface area contributed by atoms with Crippen molar-refractivity contribution in [3.8, 4) is 0 Å². The van der Waals surface area contributed by atoms with E-state index in [1.807, 2.05) is 69.9 Å². The fourth-order valence-electron chi connectivity index (χ4n) is 5.23. The van der Waals surface area contributed by atoms with Crippen molar-refractivity contribution < 1.29 is 19.1 Å². The maximum absolute atomic E-state index is 14.0. The molecule has 0 unspecified atom stereocenters. The molecule has 7 heteroatoms. The number of nitrogens with one attached hydrogen (secondary N) is 1. The van der Waals surface area contributed by atoms with Crippen molar-refractivity contribution in [3.63, 3.8) is 0 Å². The first-order chi connectivity index (χ1) is 19.8. The third-order valence-electron chi connectivity index (χ3n) is 7.51. The maximum atomic E-state index is 14.0. The number of likely N-dealkylation sites (N-methyl/N-ethyl adjacent to an activating group) is 1. The third-order valence-corrected chi connectivity index (χ3v) is 7.51. The Labute approximate surface area is 249 Å². The van der Waals surface area contributed by atoms with Gasteiger partial charge in [-0.05, 0) is 81.0 Å². The standard InChI is InChI=1S/C35H43N3O4/c1-34(2,3)42-33(41)36-35(4,5)20-11-16-31(39)37(6)30(23-25-17-18-26-12-7-9-14-28(26)22-25)32(40)38-21-19-27-13-8-10-15-29(27)24-38/h7-18,22,30H,19-21,23-24H2,1-6H3,(H,36,41)/t30-/m1/s1. The summed E-state index contributed by atoms with van der Waals surface area (Å²) in [5, 5.41) is 5.09. The SMILES string of the molecule is CN(C(=O)C=CCC(C)(C)NC(=O)OC(C)(C)C)[C@H](Cc1ccc2ccccc2c1)C(=O)N1CCc2ccccc2C1. The molecule has 0 saturated carbocycles. The van der Waals surface area contributed by atoms with Gasteiger partial charge in [0.05, 0.1) is 0 Å². The van der Waals surface area contributed by atoms with Crippen LogP contribution in [0.3, 0.4) is 0 Å². The van der Waals surface area contributed by atoms with Crippen molar-refractivity contribution in [3.05, 3.63) is 95.6 Å². The summed E-state index contributed by atoms with van der Waals surface area (Å²) in [4.78, 5) is 43.1. The fourth-order valence-corrected chi connectivity index (χ4v) is 5.23. The molecule has 222 valence electrons. The quantitative estimate of drug-likeness (QED) is 0.335. The van der Waals surface area contributed by atoms with Crippen LogP contribution in [0, 0.1) is 0 Å². The molecule has 0 fully saturated rings. The van der Waals surface area contributed by atoms with Crippen molar-refractivity contribution in [1.29, 1.82) is 0 Å². The fraction of sp³-hybridized carbons (Fsp3) is 0.400. The number of carbonyl (C=O) groups is 3. The van der Waals surface area contributed by atoms with Crippen LogP contribution in [0.4, 0.5) is 4.79 Å². The summed E-state index contributed by atoms with van der Waals surface area (Å²) in [5.74, 6) is -0.326. The molecule has 0 radical (unpaired) electrons. The zero-order chi connectivity index (χ0) is 30.5. The first-order valence-corrected chi connectivity index (χ1v) is 14.6. The topological polar surface area (TPSA) is 79.0 Å². The van der Waals surface area contributed by atoms with Gasteiger partial charge >= 0.3 is 6.09 Å². The average molecular weight is 570 g/mol. The van der Waals surface area contributed by atoms with Crippen LogP contribution >= 0.6 is 0 Å². The smallest absolute Gasteiger partial charge is 0.408 e. The molecule has 1 N–H and O–H groups in total. The molecule has 3 aromatic carbocycles. The van der Waals surface area contributed by atoms with Gasteiger partial charge in [-0.1, -0.05) is 72.8 Å². The van der Waals surface area contributed by atoms with Crippen molar-refractivity contribution in [2.45, 2.75) is 77.6 Å². The van der Waals surface area contributed by atoms with Crippen LogP contribution < -0.4 is 5.32 Å². The van der Waals surface area contributed by atoms with Crippen molar-refractivity contribution in [2.24, 2.45) is 0 Å². The molecule has 7 nitrogen and oxygen atoms in total. The summed E-state index contributed by atoms with van der Waals surface area (Å²) in [6.07, 6.45) is 4.34. The average Bonchev–Trinajstić information content (AvgIpc) is 2.93. The number of fused-ring (bicyclic) bond motifs is 2. The highest BCUT2D eigenvalue weighted by Crippen LogP contribution is 2.23. The first kappa shape index (κ1) is 30.8. The molecule has 1 aliphatic rings. The lowest BCUT2D eigenvalue weighted by atomic mass is 9.97. The number of amides is 3. The molecule has 0 bridgehead atoms. The zero-order valence-electron chi connectivity index (χ0n) is 25.6. The van der Waals surface area contributed by atoms with Crippen LogP contribution in [0.2, 0.25) is 0 Å². The van der Waals surface area contributed by atoms with Crippen molar-refractivity contribution in [2.75, 3.05) is 13.6 Å². The largest absolute Gasteiger partial charge is 0.444 e. The molecule has 0 spiro atoms. The van der Waals surface area contributed by atoms with E-state index in [0.29, 0.717) is 25.9 Å². The van der Waals surface area contributed by atoms with E-state index in [0.717, 1.165) is 28.3 Å².